The molecule has 0 N–H and O–H groups in total. The summed E-state index contributed by atoms with van der Waals surface area (Å²) in [6.45, 7) is 5.57. The number of rotatable bonds is 5. The van der Waals surface area contributed by atoms with Gasteiger partial charge in [-0.15, -0.1) is 0 Å². The number of ether oxygens (including phenoxy) is 3. The van der Waals surface area contributed by atoms with Crippen LogP contribution in [0.2, 0.25) is 0 Å². The molecule has 1 unspecified atom stereocenters. The molecule has 1 heterocycles. The van der Waals surface area contributed by atoms with Crippen molar-refractivity contribution in [1.82, 2.24) is 9.80 Å². The Hall–Kier alpha value is -2.58. The van der Waals surface area contributed by atoms with E-state index in [1.54, 1.807) is 21.9 Å². The normalized spacial score (nSPS) is 17.3. The number of nitrogens with zero attached hydrogens (tertiary/aromatic N) is 2. The number of carbonyl (C=O) groups is 2. The molecule has 1 aliphatic heterocycles. The second-order valence-corrected chi connectivity index (χ2v) is 7.76. The SMILES string of the molecule is CCC1CN(C(=O)OC(C)(C)C)CCN1C(=O)OCc1ccc(OC(F)F)cc1. The fraction of sp³-hybridized carbons (Fsp3) is 0.600. The van der Waals surface area contributed by atoms with Crippen LogP contribution in [0, 0.1) is 0 Å². The number of piperazine rings is 1. The molecule has 0 aromatic heterocycles. The monoisotopic (exact) mass is 414 g/mol. The standard InChI is InChI=1S/C20H28F2N2O5/c1-5-15-12-23(18(25)29-20(2,3)4)10-11-24(15)19(26)27-13-14-6-8-16(9-7-14)28-17(21)22/h6-9,15,17H,5,10-13H2,1-4H3. The minimum Gasteiger partial charge on any atom is -0.445 e. The first-order valence-corrected chi connectivity index (χ1v) is 9.54. The van der Waals surface area contributed by atoms with E-state index in [9.17, 15) is 18.4 Å². The summed E-state index contributed by atoms with van der Waals surface area (Å²) in [6, 6.07) is 5.73. The van der Waals surface area contributed by atoms with Crippen LogP contribution in [0.3, 0.4) is 0 Å². The number of hydrogen-bond donors (Lipinski definition) is 0. The average Bonchev–Trinajstić information content (AvgIpc) is 2.65. The van der Waals surface area contributed by atoms with Crippen molar-refractivity contribution in [1.29, 1.82) is 0 Å². The van der Waals surface area contributed by atoms with Crippen molar-refractivity contribution in [2.75, 3.05) is 19.6 Å². The number of amides is 2. The van der Waals surface area contributed by atoms with E-state index < -0.39 is 24.4 Å². The van der Waals surface area contributed by atoms with Gasteiger partial charge in [-0.05, 0) is 44.9 Å². The van der Waals surface area contributed by atoms with Gasteiger partial charge >= 0.3 is 18.8 Å². The van der Waals surface area contributed by atoms with Crippen molar-refractivity contribution >= 4 is 12.2 Å². The summed E-state index contributed by atoms with van der Waals surface area (Å²) in [4.78, 5) is 28.0. The highest BCUT2D eigenvalue weighted by Gasteiger charge is 2.34. The Kier molecular flexibility index (Phi) is 7.64. The highest BCUT2D eigenvalue weighted by molar-refractivity contribution is 5.71. The fourth-order valence-corrected chi connectivity index (χ4v) is 2.93. The highest BCUT2D eigenvalue weighted by Crippen LogP contribution is 2.19. The van der Waals surface area contributed by atoms with E-state index >= 15 is 0 Å². The third-order valence-corrected chi connectivity index (χ3v) is 4.35. The molecule has 0 radical (unpaired) electrons. The molecular formula is C20H28F2N2O5. The number of benzene rings is 1. The Labute approximate surface area is 169 Å². The lowest BCUT2D eigenvalue weighted by Crippen LogP contribution is -2.57. The van der Waals surface area contributed by atoms with Gasteiger partial charge in [-0.3, -0.25) is 0 Å². The van der Waals surface area contributed by atoms with Gasteiger partial charge < -0.3 is 24.0 Å². The molecule has 0 saturated carbocycles. The Morgan fingerprint density at radius 3 is 2.34 bits per heavy atom. The summed E-state index contributed by atoms with van der Waals surface area (Å²) in [5, 5.41) is 0. The van der Waals surface area contributed by atoms with E-state index in [4.69, 9.17) is 9.47 Å². The first-order chi connectivity index (χ1) is 13.6. The van der Waals surface area contributed by atoms with E-state index in [2.05, 4.69) is 4.74 Å². The van der Waals surface area contributed by atoms with Crippen LogP contribution in [0.1, 0.15) is 39.7 Å². The van der Waals surface area contributed by atoms with Crippen LogP contribution in [0.4, 0.5) is 18.4 Å². The van der Waals surface area contributed by atoms with Crippen molar-refractivity contribution in [3.8, 4) is 5.75 Å². The number of halogens is 2. The molecule has 9 heteroatoms. The molecule has 1 saturated heterocycles. The maximum absolute atomic E-state index is 12.5. The van der Waals surface area contributed by atoms with Gasteiger partial charge in [0, 0.05) is 19.6 Å². The Bertz CT molecular complexity index is 691. The molecule has 2 rings (SSSR count). The van der Waals surface area contributed by atoms with Gasteiger partial charge in [-0.25, -0.2) is 9.59 Å². The second kappa shape index (κ2) is 9.76. The number of alkyl halides is 2. The molecule has 1 aliphatic rings. The van der Waals surface area contributed by atoms with Gasteiger partial charge in [0.25, 0.3) is 0 Å². The van der Waals surface area contributed by atoms with Crippen molar-refractivity contribution in [2.45, 2.75) is 59.0 Å². The summed E-state index contributed by atoms with van der Waals surface area (Å²) < 4.78 is 39.4. The molecule has 0 spiro atoms. The lowest BCUT2D eigenvalue weighted by Gasteiger charge is -2.40. The molecule has 7 nitrogen and oxygen atoms in total. The molecule has 1 aromatic rings. The van der Waals surface area contributed by atoms with Crippen molar-refractivity contribution in [2.24, 2.45) is 0 Å². The largest absolute Gasteiger partial charge is 0.445 e. The second-order valence-electron chi connectivity index (χ2n) is 7.76. The van der Waals surface area contributed by atoms with E-state index in [0.29, 0.717) is 31.6 Å². The highest BCUT2D eigenvalue weighted by atomic mass is 19.3. The Balaban J connectivity index is 1.88. The predicted octanol–water partition coefficient (Wildman–Crippen LogP) is 4.26. The van der Waals surface area contributed by atoms with Crippen LogP contribution in [0.25, 0.3) is 0 Å². The van der Waals surface area contributed by atoms with Crippen LogP contribution in [-0.2, 0) is 16.1 Å². The number of carbonyl (C=O) groups excluding carboxylic acids is 2. The van der Waals surface area contributed by atoms with Crippen LogP contribution in [-0.4, -0.2) is 59.9 Å². The summed E-state index contributed by atoms with van der Waals surface area (Å²) in [6.07, 6.45) is -0.211. The summed E-state index contributed by atoms with van der Waals surface area (Å²) in [5.41, 5.74) is 0.0745. The number of hydrogen-bond acceptors (Lipinski definition) is 5. The first-order valence-electron chi connectivity index (χ1n) is 9.54. The predicted molar refractivity (Wildman–Crippen MR) is 102 cm³/mol. The molecule has 0 bridgehead atoms. The van der Waals surface area contributed by atoms with E-state index in [-0.39, 0.29) is 18.4 Å². The van der Waals surface area contributed by atoms with Gasteiger partial charge in [0.1, 0.15) is 18.0 Å². The van der Waals surface area contributed by atoms with Crippen LogP contribution in [0.5, 0.6) is 5.75 Å². The Morgan fingerprint density at radius 1 is 1.14 bits per heavy atom. The molecule has 29 heavy (non-hydrogen) atoms. The Morgan fingerprint density at radius 2 is 1.79 bits per heavy atom. The van der Waals surface area contributed by atoms with E-state index in [0.717, 1.165) is 0 Å². The fourth-order valence-electron chi connectivity index (χ4n) is 2.93. The topological polar surface area (TPSA) is 68.3 Å². The van der Waals surface area contributed by atoms with Gasteiger partial charge in [0.05, 0.1) is 6.04 Å². The molecule has 162 valence electrons. The van der Waals surface area contributed by atoms with Crippen LogP contribution >= 0.6 is 0 Å². The zero-order valence-corrected chi connectivity index (χ0v) is 17.2. The molecule has 2 amide bonds. The average molecular weight is 414 g/mol. The van der Waals surface area contributed by atoms with Crippen molar-refractivity contribution in [3.05, 3.63) is 29.8 Å². The third kappa shape index (κ3) is 7.07. The van der Waals surface area contributed by atoms with Gasteiger partial charge in [-0.1, -0.05) is 19.1 Å². The third-order valence-electron chi connectivity index (χ3n) is 4.35. The van der Waals surface area contributed by atoms with Crippen molar-refractivity contribution < 1.29 is 32.6 Å². The van der Waals surface area contributed by atoms with Crippen LogP contribution in [0.15, 0.2) is 24.3 Å². The lowest BCUT2D eigenvalue weighted by molar-refractivity contribution is -0.0498. The first kappa shape index (κ1) is 22.7. The molecule has 1 fully saturated rings. The maximum atomic E-state index is 12.5. The summed E-state index contributed by atoms with van der Waals surface area (Å²) in [5.74, 6) is 0.0411. The minimum atomic E-state index is -2.89. The quantitative estimate of drug-likeness (QED) is 0.720. The lowest BCUT2D eigenvalue weighted by atomic mass is 10.1. The van der Waals surface area contributed by atoms with Crippen LogP contribution < -0.4 is 4.74 Å². The van der Waals surface area contributed by atoms with Crippen molar-refractivity contribution in [3.63, 3.8) is 0 Å². The molecule has 0 aliphatic carbocycles. The van der Waals surface area contributed by atoms with E-state index in [1.807, 2.05) is 27.7 Å². The molecular weight excluding hydrogens is 386 g/mol. The smallest absolute Gasteiger partial charge is 0.410 e. The summed E-state index contributed by atoms with van der Waals surface area (Å²) >= 11 is 0. The van der Waals surface area contributed by atoms with E-state index in [1.165, 1.54) is 12.1 Å². The van der Waals surface area contributed by atoms with Gasteiger partial charge in [-0.2, -0.15) is 8.78 Å². The zero-order valence-electron chi connectivity index (χ0n) is 17.2. The summed E-state index contributed by atoms with van der Waals surface area (Å²) in [7, 11) is 0. The van der Waals surface area contributed by atoms with Gasteiger partial charge in [0.15, 0.2) is 0 Å². The minimum absolute atomic E-state index is 0.0104. The zero-order chi connectivity index (χ0) is 21.6. The molecule has 1 aromatic carbocycles. The maximum Gasteiger partial charge on any atom is 0.410 e. The van der Waals surface area contributed by atoms with Gasteiger partial charge in [0.2, 0.25) is 0 Å². The molecule has 1 atom stereocenters.